The molecule has 8 heteroatoms. The van der Waals surface area contributed by atoms with Gasteiger partial charge in [-0.05, 0) is 0 Å². The summed E-state index contributed by atoms with van der Waals surface area (Å²) in [6.45, 7) is 1.29. The van der Waals surface area contributed by atoms with Gasteiger partial charge in [-0.25, -0.2) is 0 Å². The van der Waals surface area contributed by atoms with Gasteiger partial charge in [0, 0.05) is 0 Å². The molecule has 0 aliphatic carbocycles. The zero-order valence-corrected chi connectivity index (χ0v) is 8.20. The Labute approximate surface area is 60.3 Å². The number of rotatable bonds is 3. The minimum absolute atomic E-state index is 1.29. The van der Waals surface area contributed by atoms with Crippen molar-refractivity contribution in [3.63, 3.8) is 0 Å². The van der Waals surface area contributed by atoms with E-state index in [0.717, 1.165) is 0 Å². The molecule has 0 aliphatic rings. The Morgan fingerprint density at radius 1 is 1.78 bits per heavy atom. The fourth-order valence-corrected chi connectivity index (χ4v) is 2.23. The second-order valence-electron chi connectivity index (χ2n) is 1.29. The van der Waals surface area contributed by atoms with Crippen molar-refractivity contribution in [2.24, 2.45) is 3.68 Å². The van der Waals surface area contributed by atoms with Gasteiger partial charge in [-0.15, -0.1) is 0 Å². The van der Waals surface area contributed by atoms with E-state index in [-0.39, 0.29) is 0 Å². The Morgan fingerprint density at radius 2 is 2.33 bits per heavy atom. The molecule has 0 heterocycles. The molecule has 0 bridgehead atoms. The van der Waals surface area contributed by atoms with Crippen LogP contribution in [0.4, 0.5) is 0 Å². The van der Waals surface area contributed by atoms with Crippen molar-refractivity contribution >= 4 is 7.44 Å². The Kier molecular flexibility index (Phi) is 4.40. The van der Waals surface area contributed by atoms with Crippen LogP contribution in [-0.2, 0) is 25.8 Å². The first kappa shape index (κ1) is 9.37. The molecule has 0 spiro atoms. The molecule has 0 saturated heterocycles. The summed E-state index contributed by atoms with van der Waals surface area (Å²) in [4.78, 5) is 0. The van der Waals surface area contributed by atoms with E-state index in [9.17, 15) is 8.03 Å². The summed E-state index contributed by atoms with van der Waals surface area (Å²) in [6, 6.07) is 0. The van der Waals surface area contributed by atoms with E-state index in [1.54, 1.807) is 5.20 Å². The monoisotopic (exact) mass is 324 g/mol. The first-order valence-corrected chi connectivity index (χ1v) is 6.35. The third kappa shape index (κ3) is 4.85. The molecule has 1 atom stereocenters. The van der Waals surface area contributed by atoms with Crippen molar-refractivity contribution in [1.29, 1.82) is 0 Å². The van der Waals surface area contributed by atoms with E-state index in [4.69, 9.17) is 5.84 Å². The van der Waals surface area contributed by atoms with Gasteiger partial charge in [-0.1, -0.05) is 0 Å². The van der Waals surface area contributed by atoms with Crippen LogP contribution in [0.15, 0.2) is 3.68 Å². The standard InChI is InChI=1S/CH6N4OP.O.Re/c1-7(6,4-2)5-3;;/h2H,1H3,(H2,4,5,6);;/q-1;;. The van der Waals surface area contributed by atoms with Gasteiger partial charge in [0.05, 0.1) is 0 Å². The Balaban J connectivity index is 3.87. The molecule has 0 aliphatic heterocycles. The van der Waals surface area contributed by atoms with Gasteiger partial charge < -0.3 is 0 Å². The zero-order valence-electron chi connectivity index (χ0n) is 4.59. The molecule has 0 rings (SSSR count). The molecule has 0 radical (unpaired) electrons. The van der Waals surface area contributed by atoms with E-state index in [1.165, 1.54) is 6.66 Å². The van der Waals surface area contributed by atoms with Crippen molar-refractivity contribution in [2.75, 3.05) is 6.66 Å². The fourth-order valence-electron chi connectivity index (χ4n) is 0.113. The predicted octanol–water partition coefficient (Wildman–Crippen LogP) is 0.482. The molecule has 0 aromatic carbocycles. The summed E-state index contributed by atoms with van der Waals surface area (Å²) in [7, 11) is -2.85. The third-order valence-electron chi connectivity index (χ3n) is 0.476. The molecule has 1 unspecified atom stereocenters. The summed E-state index contributed by atoms with van der Waals surface area (Å²) in [5.74, 6) is 6.46. The summed E-state index contributed by atoms with van der Waals surface area (Å²) in [6.07, 6.45) is 0. The van der Waals surface area contributed by atoms with Crippen molar-refractivity contribution in [3.8, 4) is 0 Å². The van der Waals surface area contributed by atoms with Crippen LogP contribution >= 0.6 is 7.44 Å². The fraction of sp³-hybridized carbons (Fsp3) is 1.00. The van der Waals surface area contributed by atoms with Crippen molar-refractivity contribution in [1.82, 2.24) is 10.4 Å². The quantitative estimate of drug-likeness (QED) is 0.583. The van der Waals surface area contributed by atoms with Gasteiger partial charge in [0.2, 0.25) is 0 Å². The van der Waals surface area contributed by atoms with E-state index < -0.39 is 25.2 Å². The average molecular weight is 323 g/mol. The summed E-state index contributed by atoms with van der Waals surface area (Å²) < 4.78 is 23.7. The van der Waals surface area contributed by atoms with Crippen LogP contribution in [0.2, 0.25) is 0 Å². The van der Waals surface area contributed by atoms with Crippen molar-refractivity contribution in [2.45, 2.75) is 0 Å². The number of nitrogens with zero attached hydrogens (tertiary/aromatic N) is 1. The van der Waals surface area contributed by atoms with Gasteiger partial charge in [0.1, 0.15) is 0 Å². The third-order valence-corrected chi connectivity index (χ3v) is 2.42. The van der Waals surface area contributed by atoms with Gasteiger partial charge in [0.25, 0.3) is 0 Å². The average Bonchev–Trinajstić information content (AvgIpc) is 1.84. The van der Waals surface area contributed by atoms with Gasteiger partial charge >= 0.3 is 59.8 Å². The van der Waals surface area contributed by atoms with E-state index in [0.29, 0.717) is 0 Å². The first-order valence-electron chi connectivity index (χ1n) is 1.87. The van der Waals surface area contributed by atoms with Crippen LogP contribution in [0.25, 0.3) is 5.84 Å². The Morgan fingerprint density at radius 3 is 2.67 bits per heavy atom. The van der Waals surface area contributed by atoms with Crippen LogP contribution in [0.1, 0.15) is 0 Å². The summed E-state index contributed by atoms with van der Waals surface area (Å²) in [5.41, 5.74) is 0. The number of nitrogens with one attached hydrogen (secondary N) is 3. The summed E-state index contributed by atoms with van der Waals surface area (Å²) in [5, 5.41) is 3.86. The second-order valence-corrected chi connectivity index (χ2v) is 4.66. The minimum atomic E-state index is -2.85. The van der Waals surface area contributed by atoms with Gasteiger partial charge in [0.15, 0.2) is 0 Å². The van der Waals surface area contributed by atoms with Crippen LogP contribution in [0.5, 0.6) is 0 Å². The molecule has 0 aromatic rings. The molecule has 3 N–H and O–H groups in total. The molecule has 0 fully saturated rings. The van der Waals surface area contributed by atoms with Crippen LogP contribution in [-0.4, -0.2) is 6.66 Å². The SMILES string of the molecule is CP(=O)(N[NH-])N[N]=[Re]=[O]. The maximum atomic E-state index is 10.7. The van der Waals surface area contributed by atoms with Crippen LogP contribution in [0, 0.1) is 0 Å². The Bertz CT molecular complexity index is 175. The first-order chi connectivity index (χ1) is 4.12. The molecular formula is CH6N4O2PRe-. The number of hydrogen-bond donors (Lipinski definition) is 2. The molecule has 0 amide bonds. The topological polar surface area (TPSA) is 94.4 Å². The van der Waals surface area contributed by atoms with Crippen LogP contribution < -0.4 is 10.4 Å². The Hall–Kier alpha value is 0.372. The normalized spacial score (nSPS) is 16.2. The predicted molar refractivity (Wildman–Crippen MR) is 27.2 cm³/mol. The number of hydrogen-bond acceptors (Lipinski definition) is 3. The summed E-state index contributed by atoms with van der Waals surface area (Å²) >= 11 is -1.81. The van der Waals surface area contributed by atoms with E-state index in [1.807, 2.05) is 0 Å². The van der Waals surface area contributed by atoms with Crippen LogP contribution in [0.3, 0.4) is 0 Å². The molecule has 6 nitrogen and oxygen atoms in total. The second kappa shape index (κ2) is 4.23. The van der Waals surface area contributed by atoms with Crippen molar-refractivity contribution in [3.05, 3.63) is 5.84 Å². The maximum absolute atomic E-state index is 10.7. The van der Waals surface area contributed by atoms with Gasteiger partial charge in [-0.3, -0.25) is 0 Å². The van der Waals surface area contributed by atoms with E-state index >= 15 is 0 Å². The zero-order chi connectivity index (χ0) is 7.33. The van der Waals surface area contributed by atoms with E-state index in [2.05, 4.69) is 8.88 Å². The molecule has 0 saturated carbocycles. The molecule has 9 heavy (non-hydrogen) atoms. The van der Waals surface area contributed by atoms with Gasteiger partial charge in [-0.2, -0.15) is 0 Å². The van der Waals surface area contributed by atoms with Crippen molar-refractivity contribution < 1.29 is 25.8 Å². The molecular weight excluding hydrogens is 317 g/mol. The molecule has 55 valence electrons. The molecule has 0 aromatic heterocycles.